The van der Waals surface area contributed by atoms with Crippen molar-refractivity contribution in [2.45, 2.75) is 25.4 Å². The van der Waals surface area contributed by atoms with Crippen molar-refractivity contribution in [3.05, 3.63) is 30.6 Å². The summed E-state index contributed by atoms with van der Waals surface area (Å²) in [7, 11) is 1.55. The number of hydrogen-bond donors (Lipinski definition) is 2. The van der Waals surface area contributed by atoms with Gasteiger partial charge in [0.25, 0.3) is 0 Å². The Balaban J connectivity index is 1.31. The van der Waals surface area contributed by atoms with Crippen molar-refractivity contribution in [2.24, 2.45) is 11.8 Å². The van der Waals surface area contributed by atoms with E-state index in [4.69, 9.17) is 17.7 Å². The number of nitrogens with one attached hydrogen (secondary N) is 2. The number of hydrogen-bond acceptors (Lipinski definition) is 6. The minimum absolute atomic E-state index is 0.189. The largest absolute Gasteiger partial charge is 0.490 e. The van der Waals surface area contributed by atoms with Crippen molar-refractivity contribution >= 4 is 22.8 Å². The standard InChI is InChI=1S/C23H27N5O3/c1-28(2)12-13-10-16(13)22(29)27-19-7-6-15-17(11-25-21(15)26-19)20-18(31-14-4-5-14)8-9-24-23(20)30-3/h6-9,11,13-14,16H,4-5,10,12H2,1-3H3,(H2,25,26,27,29)/i1D3,2D3. The summed E-state index contributed by atoms with van der Waals surface area (Å²) in [5, 5.41) is 3.55. The quantitative estimate of drug-likeness (QED) is 0.573. The van der Waals surface area contributed by atoms with Crippen LogP contribution < -0.4 is 14.8 Å². The smallest absolute Gasteiger partial charge is 0.228 e. The summed E-state index contributed by atoms with van der Waals surface area (Å²) in [6, 6.07) is 5.31. The van der Waals surface area contributed by atoms with E-state index in [0.717, 1.165) is 29.4 Å². The van der Waals surface area contributed by atoms with Gasteiger partial charge >= 0.3 is 0 Å². The lowest BCUT2D eigenvalue weighted by Crippen LogP contribution is -2.20. The van der Waals surface area contributed by atoms with E-state index < -0.39 is 19.9 Å². The molecule has 3 heterocycles. The molecule has 8 heteroatoms. The zero-order valence-corrected chi connectivity index (χ0v) is 17.0. The van der Waals surface area contributed by atoms with E-state index in [1.807, 2.05) is 12.1 Å². The number of carbonyl (C=O) groups is 1. The summed E-state index contributed by atoms with van der Waals surface area (Å²) in [6.45, 7) is -5.75. The van der Waals surface area contributed by atoms with Crippen LogP contribution in [0.3, 0.4) is 0 Å². The van der Waals surface area contributed by atoms with Gasteiger partial charge in [0.2, 0.25) is 11.8 Å². The SMILES string of the molecule is [2H]C([2H])([2H])N(CC1CC1C(=O)Nc1ccc2c(-c3c(OC4CC4)ccnc3OC)c[nH]c2n1)C([2H])([2H])[2H]. The lowest BCUT2D eigenvalue weighted by molar-refractivity contribution is -0.117. The summed E-state index contributed by atoms with van der Waals surface area (Å²) >= 11 is 0. The van der Waals surface area contributed by atoms with Crippen molar-refractivity contribution in [3.63, 3.8) is 0 Å². The molecule has 3 aromatic heterocycles. The Hall–Kier alpha value is -3.13. The molecule has 31 heavy (non-hydrogen) atoms. The number of aromatic nitrogens is 3. The molecule has 2 fully saturated rings. The lowest BCUT2D eigenvalue weighted by atomic mass is 10.1. The Morgan fingerprint density at radius 2 is 2.23 bits per heavy atom. The second-order valence-electron chi connectivity index (χ2n) is 8.01. The first-order chi connectivity index (χ1) is 17.5. The summed E-state index contributed by atoms with van der Waals surface area (Å²) in [6.07, 6.45) is 6.05. The number of amides is 1. The fourth-order valence-corrected chi connectivity index (χ4v) is 3.80. The van der Waals surface area contributed by atoms with E-state index in [9.17, 15) is 4.79 Å². The van der Waals surface area contributed by atoms with Gasteiger partial charge in [0.15, 0.2) is 0 Å². The van der Waals surface area contributed by atoms with Gasteiger partial charge in [-0.2, -0.15) is 0 Å². The van der Waals surface area contributed by atoms with Crippen LogP contribution in [0, 0.1) is 11.8 Å². The number of pyridine rings is 2. The monoisotopic (exact) mass is 427 g/mol. The van der Waals surface area contributed by atoms with E-state index >= 15 is 0 Å². The highest BCUT2D eigenvalue weighted by atomic mass is 16.5. The number of carbonyl (C=O) groups excluding carboxylic acids is 1. The highest BCUT2D eigenvalue weighted by Crippen LogP contribution is 2.43. The molecule has 0 spiro atoms. The summed E-state index contributed by atoms with van der Waals surface area (Å²) in [5.74, 6) is 0.270. The average molecular weight is 428 g/mol. The molecule has 5 rings (SSSR count). The van der Waals surface area contributed by atoms with Crippen LogP contribution in [-0.2, 0) is 4.79 Å². The average Bonchev–Trinajstić information content (AvgIpc) is 3.74. The predicted molar refractivity (Wildman–Crippen MR) is 118 cm³/mol. The zero-order chi connectivity index (χ0) is 26.5. The van der Waals surface area contributed by atoms with Gasteiger partial charge < -0.3 is 24.7 Å². The maximum absolute atomic E-state index is 12.8. The maximum atomic E-state index is 12.8. The van der Waals surface area contributed by atoms with Crippen LogP contribution in [0.1, 0.15) is 27.5 Å². The van der Waals surface area contributed by atoms with E-state index in [1.54, 1.807) is 25.6 Å². The first-order valence-corrected chi connectivity index (χ1v) is 10.2. The maximum Gasteiger partial charge on any atom is 0.228 e. The summed E-state index contributed by atoms with van der Waals surface area (Å²) < 4.78 is 56.6. The molecule has 0 aromatic carbocycles. The Morgan fingerprint density at radius 1 is 1.35 bits per heavy atom. The zero-order valence-electron chi connectivity index (χ0n) is 23.0. The number of aromatic amines is 1. The molecule has 2 atom stereocenters. The highest BCUT2D eigenvalue weighted by molar-refractivity contribution is 5.99. The number of ether oxygens (including phenoxy) is 2. The second-order valence-corrected chi connectivity index (χ2v) is 8.01. The van der Waals surface area contributed by atoms with Crippen LogP contribution in [0.25, 0.3) is 22.2 Å². The van der Waals surface area contributed by atoms with Crippen LogP contribution in [0.15, 0.2) is 30.6 Å². The number of nitrogens with zero attached hydrogens (tertiary/aromatic N) is 3. The third kappa shape index (κ3) is 4.07. The molecule has 8 nitrogen and oxygen atoms in total. The first kappa shape index (κ1) is 14.0. The topological polar surface area (TPSA) is 92.4 Å². The molecule has 0 radical (unpaired) electrons. The summed E-state index contributed by atoms with van der Waals surface area (Å²) in [4.78, 5) is 25.2. The molecule has 2 unspecified atom stereocenters. The molecule has 162 valence electrons. The van der Waals surface area contributed by atoms with Gasteiger partial charge in [-0.15, -0.1) is 0 Å². The van der Waals surface area contributed by atoms with Crippen molar-refractivity contribution in [1.82, 2.24) is 19.9 Å². The van der Waals surface area contributed by atoms with Gasteiger partial charge in [-0.25, -0.2) is 9.97 Å². The molecule has 2 saturated carbocycles. The van der Waals surface area contributed by atoms with Gasteiger partial charge in [-0.1, -0.05) is 0 Å². The third-order valence-corrected chi connectivity index (χ3v) is 5.63. The van der Waals surface area contributed by atoms with Crippen molar-refractivity contribution in [1.29, 1.82) is 0 Å². The van der Waals surface area contributed by atoms with Crippen molar-refractivity contribution < 1.29 is 22.5 Å². The minimum Gasteiger partial charge on any atom is -0.490 e. The van der Waals surface area contributed by atoms with E-state index in [0.29, 0.717) is 34.4 Å². The normalized spacial score (nSPS) is 23.8. The predicted octanol–water partition coefficient (Wildman–Crippen LogP) is 3.31. The number of anilines is 1. The van der Waals surface area contributed by atoms with E-state index in [2.05, 4.69) is 20.3 Å². The first-order valence-electron chi connectivity index (χ1n) is 13.2. The number of rotatable bonds is 8. The minimum atomic E-state index is -2.77. The van der Waals surface area contributed by atoms with Gasteiger partial charge in [0.05, 0.1) is 18.8 Å². The molecule has 3 aromatic rings. The van der Waals surface area contributed by atoms with Gasteiger partial charge in [-0.3, -0.25) is 4.79 Å². The number of methoxy groups -OCH3 is 1. The molecular weight excluding hydrogens is 394 g/mol. The molecule has 0 saturated heterocycles. The van der Waals surface area contributed by atoms with Crippen LogP contribution >= 0.6 is 0 Å². The van der Waals surface area contributed by atoms with Crippen molar-refractivity contribution in [3.8, 4) is 22.8 Å². The summed E-state index contributed by atoms with van der Waals surface area (Å²) in [5.41, 5.74) is 2.06. The van der Waals surface area contributed by atoms with E-state index in [-0.39, 0.29) is 24.5 Å². The molecule has 0 bridgehead atoms. The molecular formula is C23H27N5O3. The molecule has 2 aliphatic rings. The number of fused-ring (bicyclic) bond motifs is 1. The Labute approximate surface area is 189 Å². The molecule has 0 aliphatic heterocycles. The van der Waals surface area contributed by atoms with Crippen LogP contribution in [-0.4, -0.2) is 59.5 Å². The number of H-pyrrole nitrogens is 1. The molecule has 2 aliphatic carbocycles. The molecule has 2 N–H and O–H groups in total. The third-order valence-electron chi connectivity index (χ3n) is 5.63. The van der Waals surface area contributed by atoms with Crippen LogP contribution in [0.4, 0.5) is 5.82 Å². The van der Waals surface area contributed by atoms with Gasteiger partial charge in [0.1, 0.15) is 17.2 Å². The van der Waals surface area contributed by atoms with Gasteiger partial charge in [-0.05, 0) is 57.3 Å². The Kier molecular flexibility index (Phi) is 3.55. The molecule has 1 amide bonds. The van der Waals surface area contributed by atoms with Crippen LogP contribution in [0.5, 0.6) is 11.6 Å². The van der Waals surface area contributed by atoms with Crippen molar-refractivity contribution in [2.75, 3.05) is 32.9 Å². The van der Waals surface area contributed by atoms with Gasteiger partial charge in [0, 0.05) is 44.0 Å². The van der Waals surface area contributed by atoms with E-state index in [1.165, 1.54) is 0 Å². The lowest BCUT2D eigenvalue weighted by Gasteiger charge is -2.13. The fraction of sp³-hybridized carbons (Fsp3) is 0.435. The van der Waals surface area contributed by atoms with Crippen LogP contribution in [0.2, 0.25) is 0 Å². The second kappa shape index (κ2) is 7.85. The fourth-order valence-electron chi connectivity index (χ4n) is 3.80. The Bertz CT molecular complexity index is 1310. The highest BCUT2D eigenvalue weighted by Gasteiger charge is 2.43. The Morgan fingerprint density at radius 3 is 3.00 bits per heavy atom.